The molecule has 0 aromatic heterocycles. The zero-order valence-electron chi connectivity index (χ0n) is 14.7. The lowest BCUT2D eigenvalue weighted by Gasteiger charge is -2.24. The summed E-state index contributed by atoms with van der Waals surface area (Å²) in [4.78, 5) is 43.1. The number of carbonyl (C=O) groups is 3. The van der Waals surface area contributed by atoms with Crippen molar-refractivity contribution in [1.29, 1.82) is 0 Å². The Morgan fingerprint density at radius 1 is 1.23 bits per heavy atom. The summed E-state index contributed by atoms with van der Waals surface area (Å²) in [5.74, 6) is -2.28. The highest BCUT2D eigenvalue weighted by molar-refractivity contribution is 6.36. The van der Waals surface area contributed by atoms with Crippen LogP contribution in [0.1, 0.15) is 38.2 Å². The molecule has 0 spiro atoms. The Bertz CT molecular complexity index is 837. The van der Waals surface area contributed by atoms with Gasteiger partial charge in [0.25, 0.3) is 11.8 Å². The van der Waals surface area contributed by atoms with Crippen LogP contribution in [0.3, 0.4) is 0 Å². The van der Waals surface area contributed by atoms with Gasteiger partial charge in [-0.25, -0.2) is 9.29 Å². The van der Waals surface area contributed by atoms with Gasteiger partial charge in [-0.1, -0.05) is 11.6 Å². The Balaban J connectivity index is 2.14. The summed E-state index contributed by atoms with van der Waals surface area (Å²) in [5.41, 5.74) is 0.763. The van der Waals surface area contributed by atoms with Crippen LogP contribution in [-0.2, 0) is 19.2 Å². The normalized spacial score (nSPS) is 17.0. The number of rotatable bonds is 3. The lowest BCUT2D eigenvalue weighted by Crippen LogP contribution is -2.33. The molecule has 3 rings (SSSR count). The van der Waals surface area contributed by atoms with Gasteiger partial charge in [0, 0.05) is 23.6 Å². The van der Waals surface area contributed by atoms with Crippen molar-refractivity contribution < 1.29 is 23.6 Å². The monoisotopic (exact) mass is 380 g/mol. The van der Waals surface area contributed by atoms with Crippen molar-refractivity contribution in [3.05, 3.63) is 33.6 Å². The largest absolute Gasteiger partial charge is 0.273 e. The molecule has 0 unspecified atom stereocenters. The second-order valence-electron chi connectivity index (χ2n) is 6.27. The van der Waals surface area contributed by atoms with Crippen LogP contribution in [-0.4, -0.2) is 24.8 Å². The first kappa shape index (κ1) is 18.5. The van der Waals surface area contributed by atoms with Gasteiger partial charge >= 0.3 is 0 Å². The molecule has 0 fully saturated rings. The van der Waals surface area contributed by atoms with E-state index >= 15 is 0 Å². The van der Waals surface area contributed by atoms with Crippen LogP contribution in [0.4, 0.5) is 15.8 Å². The van der Waals surface area contributed by atoms with Crippen molar-refractivity contribution in [1.82, 2.24) is 0 Å². The van der Waals surface area contributed by atoms with E-state index in [9.17, 15) is 18.8 Å². The molecule has 8 heteroatoms. The number of benzene rings is 1. The Labute approximate surface area is 155 Å². The van der Waals surface area contributed by atoms with E-state index in [1.807, 2.05) is 0 Å². The van der Waals surface area contributed by atoms with Crippen LogP contribution < -0.4 is 9.96 Å². The minimum absolute atomic E-state index is 0.0212. The van der Waals surface area contributed by atoms with Crippen molar-refractivity contribution in [3.63, 3.8) is 0 Å². The van der Waals surface area contributed by atoms with Crippen LogP contribution in [0.2, 0.25) is 5.02 Å². The lowest BCUT2D eigenvalue weighted by molar-refractivity contribution is -0.123. The maximum atomic E-state index is 14.9. The number of carbonyl (C=O) groups excluding carboxylic acids is 3. The highest BCUT2D eigenvalue weighted by Gasteiger charge is 2.41. The standard InChI is InChI=1S/C18H18ClFN2O4/c1-9-15(19)13(22(26-3)10(2)23)8-14(16(9)20)21-17(24)11-6-4-5-7-12(11)18(21)25/h8H,4-7H2,1-3H3. The number of anilines is 2. The number of nitrogens with zero attached hydrogens (tertiary/aromatic N) is 2. The highest BCUT2D eigenvalue weighted by atomic mass is 35.5. The minimum Gasteiger partial charge on any atom is -0.273 e. The molecule has 3 amide bonds. The summed E-state index contributed by atoms with van der Waals surface area (Å²) < 4.78 is 14.9. The van der Waals surface area contributed by atoms with Gasteiger partial charge in [-0.05, 0) is 38.7 Å². The van der Waals surface area contributed by atoms with Crippen LogP contribution in [0.15, 0.2) is 17.2 Å². The second-order valence-corrected chi connectivity index (χ2v) is 6.65. The van der Waals surface area contributed by atoms with Crippen LogP contribution >= 0.6 is 11.6 Å². The van der Waals surface area contributed by atoms with E-state index in [4.69, 9.17) is 16.4 Å². The van der Waals surface area contributed by atoms with Crippen molar-refractivity contribution in [2.75, 3.05) is 17.1 Å². The summed E-state index contributed by atoms with van der Waals surface area (Å²) in [7, 11) is 1.27. The van der Waals surface area contributed by atoms with Gasteiger partial charge in [0.05, 0.1) is 23.5 Å². The van der Waals surface area contributed by atoms with E-state index in [1.54, 1.807) is 0 Å². The Kier molecular flexibility index (Phi) is 4.86. The average Bonchev–Trinajstić information content (AvgIpc) is 2.87. The fraction of sp³-hybridized carbons (Fsp3) is 0.389. The third kappa shape index (κ3) is 2.71. The molecule has 6 nitrogen and oxygen atoms in total. The van der Waals surface area contributed by atoms with Crippen LogP contribution in [0, 0.1) is 12.7 Å². The topological polar surface area (TPSA) is 66.9 Å². The van der Waals surface area contributed by atoms with Crippen molar-refractivity contribution >= 4 is 40.7 Å². The van der Waals surface area contributed by atoms with E-state index in [0.29, 0.717) is 24.0 Å². The fourth-order valence-electron chi connectivity index (χ4n) is 3.40. The quantitative estimate of drug-likeness (QED) is 0.595. The molecule has 0 radical (unpaired) electrons. The van der Waals surface area contributed by atoms with E-state index < -0.39 is 23.5 Å². The van der Waals surface area contributed by atoms with Gasteiger partial charge in [0.2, 0.25) is 5.91 Å². The third-order valence-electron chi connectivity index (χ3n) is 4.70. The smallest absolute Gasteiger partial charge is 0.261 e. The van der Waals surface area contributed by atoms with E-state index in [-0.39, 0.29) is 22.0 Å². The Morgan fingerprint density at radius 3 is 2.23 bits per heavy atom. The number of halogens is 2. The first-order valence-electron chi connectivity index (χ1n) is 8.23. The Morgan fingerprint density at radius 2 is 1.77 bits per heavy atom. The lowest BCUT2D eigenvalue weighted by atomic mass is 9.93. The van der Waals surface area contributed by atoms with Gasteiger partial charge in [-0.15, -0.1) is 0 Å². The molecule has 0 saturated heterocycles. The minimum atomic E-state index is -0.778. The molecule has 1 aliphatic carbocycles. The number of hydroxylamine groups is 1. The zero-order valence-corrected chi connectivity index (χ0v) is 15.4. The predicted molar refractivity (Wildman–Crippen MR) is 94.3 cm³/mol. The molecule has 1 heterocycles. The first-order valence-corrected chi connectivity index (χ1v) is 8.61. The second kappa shape index (κ2) is 6.81. The molecule has 1 aromatic carbocycles. The molecule has 0 N–H and O–H groups in total. The van der Waals surface area contributed by atoms with E-state index in [2.05, 4.69) is 0 Å². The van der Waals surface area contributed by atoms with Gasteiger partial charge in [-0.3, -0.25) is 19.2 Å². The molecular formula is C18H18ClFN2O4. The maximum Gasteiger partial charge on any atom is 0.261 e. The van der Waals surface area contributed by atoms with Crippen molar-refractivity contribution in [2.45, 2.75) is 39.5 Å². The number of hydrogen-bond donors (Lipinski definition) is 0. The maximum absolute atomic E-state index is 14.9. The summed E-state index contributed by atoms with van der Waals surface area (Å²) in [6.45, 7) is 2.67. The van der Waals surface area contributed by atoms with Crippen molar-refractivity contribution in [3.8, 4) is 0 Å². The molecule has 0 atom stereocenters. The SMILES string of the molecule is CON(C(C)=O)c1cc(N2C(=O)C3=C(CCCC3)C2=O)c(F)c(C)c1Cl. The van der Waals surface area contributed by atoms with E-state index in [1.165, 1.54) is 27.0 Å². The summed E-state index contributed by atoms with van der Waals surface area (Å²) in [5, 5.41) is 0.858. The first-order chi connectivity index (χ1) is 12.3. The number of hydrogen-bond acceptors (Lipinski definition) is 4. The molecule has 0 saturated carbocycles. The molecule has 138 valence electrons. The fourth-order valence-corrected chi connectivity index (χ4v) is 3.62. The predicted octanol–water partition coefficient (Wildman–Crippen LogP) is 3.45. The van der Waals surface area contributed by atoms with Gasteiger partial charge < -0.3 is 0 Å². The van der Waals surface area contributed by atoms with Crippen molar-refractivity contribution in [2.24, 2.45) is 0 Å². The average molecular weight is 381 g/mol. The number of amides is 3. The molecule has 1 aromatic rings. The van der Waals surface area contributed by atoms with Gasteiger partial charge in [0.15, 0.2) is 5.82 Å². The zero-order chi connectivity index (χ0) is 19.2. The molecule has 26 heavy (non-hydrogen) atoms. The Hall–Kier alpha value is -2.25. The summed E-state index contributed by atoms with van der Waals surface area (Å²) in [6, 6.07) is 1.20. The summed E-state index contributed by atoms with van der Waals surface area (Å²) >= 11 is 6.18. The van der Waals surface area contributed by atoms with Crippen LogP contribution in [0.5, 0.6) is 0 Å². The van der Waals surface area contributed by atoms with Gasteiger partial charge in [-0.2, -0.15) is 5.06 Å². The van der Waals surface area contributed by atoms with Crippen LogP contribution in [0.25, 0.3) is 0 Å². The molecule has 0 bridgehead atoms. The molecule has 1 aliphatic heterocycles. The molecule has 2 aliphatic rings. The highest BCUT2D eigenvalue weighted by Crippen LogP contribution is 2.41. The molecular weight excluding hydrogens is 363 g/mol. The van der Waals surface area contributed by atoms with E-state index in [0.717, 1.165) is 22.8 Å². The van der Waals surface area contributed by atoms with Gasteiger partial charge in [0.1, 0.15) is 0 Å². The number of imide groups is 1. The third-order valence-corrected chi connectivity index (χ3v) is 5.18. The summed E-state index contributed by atoms with van der Waals surface area (Å²) in [6.07, 6.45) is 2.66.